The average Bonchev–Trinajstić information content (AvgIpc) is 3.64. The third-order valence-corrected chi connectivity index (χ3v) is 11.9. The van der Waals surface area contributed by atoms with Crippen LogP contribution in [0.15, 0.2) is 91.0 Å². The van der Waals surface area contributed by atoms with Crippen molar-refractivity contribution in [1.82, 2.24) is 21.3 Å². The van der Waals surface area contributed by atoms with Gasteiger partial charge in [-0.15, -0.1) is 0 Å². The number of hydrogen-bond acceptors (Lipinski definition) is 6. The van der Waals surface area contributed by atoms with Gasteiger partial charge in [0.25, 0.3) is 0 Å². The first-order valence-electron chi connectivity index (χ1n) is 19.1. The quantitative estimate of drug-likeness (QED) is 0.0319. The maximum atomic E-state index is 13.2. The molecule has 4 aromatic rings. The highest BCUT2D eigenvalue weighted by atomic mass is 35.6. The highest BCUT2D eigenvalue weighted by Crippen LogP contribution is 2.42. The number of carbonyl (C=O) groups is 2. The molecule has 0 fully saturated rings. The van der Waals surface area contributed by atoms with E-state index in [0.29, 0.717) is 12.2 Å². The van der Waals surface area contributed by atoms with Crippen molar-refractivity contribution in [2.75, 3.05) is 34.4 Å². The molecule has 0 aliphatic carbocycles. The van der Waals surface area contributed by atoms with Crippen LogP contribution in [0.1, 0.15) is 51.3 Å². The van der Waals surface area contributed by atoms with Crippen LogP contribution in [-0.2, 0) is 16.0 Å². The van der Waals surface area contributed by atoms with E-state index >= 15 is 0 Å². The highest BCUT2D eigenvalue weighted by molar-refractivity contribution is 7.80. The number of halogens is 6. The van der Waals surface area contributed by atoms with Gasteiger partial charge in [0.05, 0.1) is 22.7 Å². The zero-order valence-corrected chi connectivity index (χ0v) is 38.9. The number of anilines is 4. The lowest BCUT2D eigenvalue weighted by Crippen LogP contribution is -2.55. The molecule has 61 heavy (non-hydrogen) atoms. The number of alkyl halides is 6. The van der Waals surface area contributed by atoms with Gasteiger partial charge in [-0.3, -0.25) is 9.59 Å². The molecule has 2 aliphatic heterocycles. The number of fused-ring (bicyclic) bond motifs is 2. The molecule has 0 bridgehead atoms. The van der Waals surface area contributed by atoms with E-state index in [9.17, 15) is 9.59 Å². The second-order valence-corrected chi connectivity index (χ2v) is 19.9. The maximum Gasteiger partial charge on any atom is 0.245 e. The van der Waals surface area contributed by atoms with E-state index in [-0.39, 0.29) is 16.1 Å². The number of aryl methyl sites for hydroxylation is 2. The highest BCUT2D eigenvalue weighted by Gasteiger charge is 2.36. The van der Waals surface area contributed by atoms with Gasteiger partial charge in [-0.2, -0.15) is 0 Å². The Bertz CT molecular complexity index is 2370. The molecular weight excluding hydrogens is 937 g/mol. The lowest BCUT2D eigenvalue weighted by atomic mass is 9.88. The summed E-state index contributed by atoms with van der Waals surface area (Å²) in [6.45, 7) is 5.39. The van der Waals surface area contributed by atoms with Gasteiger partial charge in [-0.25, -0.2) is 0 Å². The van der Waals surface area contributed by atoms with Crippen LogP contribution >= 0.6 is 94.0 Å². The lowest BCUT2D eigenvalue weighted by Gasteiger charge is -2.28. The molecule has 8 N–H and O–H groups in total. The van der Waals surface area contributed by atoms with Crippen LogP contribution in [0, 0.1) is 13.8 Å². The van der Waals surface area contributed by atoms with Crippen molar-refractivity contribution in [2.45, 2.75) is 52.5 Å². The van der Waals surface area contributed by atoms with E-state index < -0.39 is 31.7 Å². The Balaban J connectivity index is 1.09. The standard InChI is InChI=1S/C43H42Cl6N8O2S2/c1-24-9-3-4-10-26(24)18-20-34(58)54-38(42(44,45)46)57-41(61)53-33-17-7-15-30-31(23-51-37(30)33)29-14-5-11-27(25(29)2)19-21-35(59)55-39(43(47,48)49)56-40(60)52-32-16-6-12-28-13-8-22-50-36(28)32/h3-7,9-12,14-21,31,38-39,50-51H,8,13,22-23H2,1-2H3,(H,54,58)(H,55,59)(H2,52,56,60)(H2,53,57,61)/b20-18+,21-19+. The van der Waals surface area contributed by atoms with Gasteiger partial charge in [0.2, 0.25) is 19.4 Å². The fourth-order valence-electron chi connectivity index (χ4n) is 7.06. The Labute approximate surface area is 395 Å². The SMILES string of the molecule is Cc1ccccc1/C=C/C(=O)NC(NC(=S)Nc1cccc2c1NCC2c1cccc(/C=C/C(=O)NC(NC(=S)Nc2cccc3c2NCCC3)C(Cl)(Cl)Cl)c1C)C(Cl)(Cl)Cl. The van der Waals surface area contributed by atoms with Crippen LogP contribution < -0.4 is 42.5 Å². The minimum Gasteiger partial charge on any atom is -0.383 e. The van der Waals surface area contributed by atoms with Crippen molar-refractivity contribution in [3.63, 3.8) is 0 Å². The van der Waals surface area contributed by atoms with Crippen LogP contribution in [0.4, 0.5) is 22.7 Å². The second-order valence-electron chi connectivity index (χ2n) is 14.3. The van der Waals surface area contributed by atoms with Crippen LogP contribution in [-0.4, -0.2) is 55.0 Å². The minimum atomic E-state index is -1.94. The Hall–Kier alpha value is -3.98. The van der Waals surface area contributed by atoms with Crippen molar-refractivity contribution in [3.05, 3.63) is 130 Å². The summed E-state index contributed by atoms with van der Waals surface area (Å²) in [6, 6.07) is 25.3. The number of para-hydroxylation sites is 2. The molecule has 3 unspecified atom stereocenters. The van der Waals surface area contributed by atoms with Gasteiger partial charge in [-0.05, 0) is 114 Å². The summed E-state index contributed by atoms with van der Waals surface area (Å²) < 4.78 is -3.87. The van der Waals surface area contributed by atoms with Gasteiger partial charge in [0.1, 0.15) is 12.3 Å². The largest absolute Gasteiger partial charge is 0.383 e. The molecule has 18 heteroatoms. The first kappa shape index (κ1) is 46.5. The summed E-state index contributed by atoms with van der Waals surface area (Å²) in [5, 5.41) is 24.8. The summed E-state index contributed by atoms with van der Waals surface area (Å²) in [6.07, 6.45) is 5.83. The van der Waals surface area contributed by atoms with Crippen LogP contribution in [0.5, 0.6) is 0 Å². The van der Waals surface area contributed by atoms with Gasteiger partial charge in [-0.1, -0.05) is 136 Å². The molecule has 320 valence electrons. The molecular formula is C43H42Cl6N8O2S2. The Morgan fingerprint density at radius 1 is 0.672 bits per heavy atom. The molecule has 2 heterocycles. The van der Waals surface area contributed by atoms with E-state index in [4.69, 9.17) is 94.0 Å². The number of amides is 2. The van der Waals surface area contributed by atoms with Crippen molar-refractivity contribution in [1.29, 1.82) is 0 Å². The predicted octanol–water partition coefficient (Wildman–Crippen LogP) is 9.84. The Morgan fingerprint density at radius 2 is 1.21 bits per heavy atom. The third kappa shape index (κ3) is 12.4. The van der Waals surface area contributed by atoms with Crippen LogP contribution in [0.25, 0.3) is 12.2 Å². The maximum absolute atomic E-state index is 13.2. The van der Waals surface area contributed by atoms with Crippen molar-refractivity contribution in [3.8, 4) is 0 Å². The normalized spacial score (nSPS) is 15.7. The van der Waals surface area contributed by atoms with E-state index in [2.05, 4.69) is 54.7 Å². The van der Waals surface area contributed by atoms with Gasteiger partial charge in [0.15, 0.2) is 10.2 Å². The molecule has 4 aromatic carbocycles. The fraction of sp³-hybridized carbons (Fsp3) is 0.256. The van der Waals surface area contributed by atoms with Crippen molar-refractivity contribution >= 4 is 151 Å². The number of thiocarbonyl (C=S) groups is 2. The summed E-state index contributed by atoms with van der Waals surface area (Å²) >= 11 is 48.8. The minimum absolute atomic E-state index is 0.0365. The molecule has 0 aromatic heterocycles. The lowest BCUT2D eigenvalue weighted by molar-refractivity contribution is -0.118. The zero-order chi connectivity index (χ0) is 43.9. The third-order valence-electron chi connectivity index (χ3n) is 10.1. The van der Waals surface area contributed by atoms with Crippen LogP contribution in [0.3, 0.4) is 0 Å². The first-order valence-corrected chi connectivity index (χ1v) is 22.2. The monoisotopic (exact) mass is 976 g/mol. The van der Waals surface area contributed by atoms with E-state index in [1.165, 1.54) is 17.7 Å². The van der Waals surface area contributed by atoms with E-state index in [1.54, 1.807) is 12.2 Å². The topological polar surface area (TPSA) is 130 Å². The number of nitrogens with one attached hydrogen (secondary N) is 8. The van der Waals surface area contributed by atoms with Crippen molar-refractivity contribution in [2.24, 2.45) is 0 Å². The molecule has 2 aliphatic rings. The number of rotatable bonds is 11. The first-order chi connectivity index (χ1) is 29.0. The van der Waals surface area contributed by atoms with Crippen LogP contribution in [0.2, 0.25) is 0 Å². The summed E-state index contributed by atoms with van der Waals surface area (Å²) in [5.41, 5.74) is 10.2. The van der Waals surface area contributed by atoms with Gasteiger partial charge < -0.3 is 42.5 Å². The van der Waals surface area contributed by atoms with E-state index in [1.807, 2.05) is 80.6 Å². The summed E-state index contributed by atoms with van der Waals surface area (Å²) in [5.74, 6) is -1.02. The molecule has 10 nitrogen and oxygen atoms in total. The van der Waals surface area contributed by atoms with Gasteiger partial charge in [0, 0.05) is 31.2 Å². The number of carbonyl (C=O) groups excluding carboxylic acids is 2. The average molecular weight is 980 g/mol. The molecule has 0 saturated heterocycles. The molecule has 6 rings (SSSR count). The molecule has 0 radical (unpaired) electrons. The summed E-state index contributed by atoms with van der Waals surface area (Å²) in [4.78, 5) is 26.1. The predicted molar refractivity (Wildman–Crippen MR) is 264 cm³/mol. The molecule has 3 atom stereocenters. The smallest absolute Gasteiger partial charge is 0.245 e. The molecule has 2 amide bonds. The second kappa shape index (κ2) is 20.5. The molecule has 0 saturated carbocycles. The molecule has 0 spiro atoms. The van der Waals surface area contributed by atoms with Gasteiger partial charge >= 0.3 is 0 Å². The number of benzene rings is 4. The Kier molecular flexibility index (Phi) is 15.6. The number of hydrogen-bond donors (Lipinski definition) is 8. The zero-order valence-electron chi connectivity index (χ0n) is 32.8. The fourth-order valence-corrected chi connectivity index (χ4v) is 8.17. The van der Waals surface area contributed by atoms with E-state index in [0.717, 1.165) is 69.8 Å². The van der Waals surface area contributed by atoms with Crippen molar-refractivity contribution < 1.29 is 9.59 Å². The summed E-state index contributed by atoms with van der Waals surface area (Å²) in [7, 11) is 0. The Morgan fingerprint density at radius 3 is 1.84 bits per heavy atom.